The average molecular weight is 446 g/mol. The Kier molecular flexibility index (Phi) is 10.7. The molecule has 1 heterocycles. The predicted octanol–water partition coefficient (Wildman–Crippen LogP) is 3.11. The van der Waals surface area contributed by atoms with Crippen LogP contribution in [0.1, 0.15) is 25.3 Å². The smallest absolute Gasteiger partial charge is 0.390 e. The second-order valence-corrected chi connectivity index (χ2v) is 4.57. The van der Waals surface area contributed by atoms with E-state index in [9.17, 15) is 13.2 Å². The maximum absolute atomic E-state index is 12.1. The Morgan fingerprint density at radius 2 is 2.04 bits per heavy atom. The lowest BCUT2D eigenvalue weighted by Gasteiger charge is -2.13. The maximum atomic E-state index is 12.1. The summed E-state index contributed by atoms with van der Waals surface area (Å²) in [5.41, 5.74) is 0.877. The molecule has 0 aliphatic carbocycles. The number of halogens is 4. The van der Waals surface area contributed by atoms with Crippen molar-refractivity contribution < 1.29 is 17.9 Å². The Morgan fingerprint density at radius 1 is 1.30 bits per heavy atom. The molecule has 0 aliphatic heterocycles. The summed E-state index contributed by atoms with van der Waals surface area (Å²) in [4.78, 5) is 8.01. The lowest BCUT2D eigenvalue weighted by atomic mass is 10.3. The fraction of sp³-hybridized carbons (Fsp3) is 0.571. The third-order valence-electron chi connectivity index (χ3n) is 2.64. The van der Waals surface area contributed by atoms with Gasteiger partial charge in [-0.2, -0.15) is 13.2 Å². The molecule has 0 unspecified atom stereocenters. The number of ether oxygens (including phenoxy) is 1. The zero-order valence-corrected chi connectivity index (χ0v) is 15.4. The van der Waals surface area contributed by atoms with E-state index in [-0.39, 0.29) is 30.5 Å². The summed E-state index contributed by atoms with van der Waals surface area (Å²) in [6, 6.07) is 3.60. The van der Waals surface area contributed by atoms with Crippen molar-refractivity contribution in [1.82, 2.24) is 15.6 Å². The highest BCUT2D eigenvalue weighted by Gasteiger charge is 2.26. The minimum atomic E-state index is -4.18. The van der Waals surface area contributed by atoms with E-state index in [2.05, 4.69) is 20.6 Å². The van der Waals surface area contributed by atoms with Gasteiger partial charge in [-0.25, -0.2) is 4.98 Å². The van der Waals surface area contributed by atoms with Crippen molar-refractivity contribution in [2.45, 2.75) is 32.5 Å². The Labute approximate surface area is 151 Å². The molecule has 1 aromatic heterocycles. The van der Waals surface area contributed by atoms with Crippen molar-refractivity contribution in [3.05, 3.63) is 23.9 Å². The first-order chi connectivity index (χ1) is 10.4. The van der Waals surface area contributed by atoms with Gasteiger partial charge in [-0.05, 0) is 12.0 Å². The minimum Gasteiger partial charge on any atom is -0.478 e. The summed E-state index contributed by atoms with van der Waals surface area (Å²) >= 11 is 0. The van der Waals surface area contributed by atoms with Crippen LogP contribution in [0.4, 0.5) is 13.2 Å². The number of pyridine rings is 1. The molecule has 0 saturated carbocycles. The summed E-state index contributed by atoms with van der Waals surface area (Å²) in [6.45, 7) is 2.81. The van der Waals surface area contributed by atoms with Gasteiger partial charge in [0.05, 0.1) is 13.0 Å². The van der Waals surface area contributed by atoms with Crippen LogP contribution >= 0.6 is 24.0 Å². The second-order valence-electron chi connectivity index (χ2n) is 4.57. The first kappa shape index (κ1) is 21.7. The molecular formula is C14H22F3IN4O. The molecule has 132 valence electrons. The number of nitrogens with one attached hydrogen (secondary N) is 2. The van der Waals surface area contributed by atoms with Gasteiger partial charge in [0.25, 0.3) is 0 Å². The Morgan fingerprint density at radius 3 is 2.57 bits per heavy atom. The third kappa shape index (κ3) is 10.2. The van der Waals surface area contributed by atoms with Gasteiger partial charge >= 0.3 is 6.18 Å². The topological polar surface area (TPSA) is 58.5 Å². The number of aromatic nitrogens is 1. The number of alkyl halides is 3. The van der Waals surface area contributed by atoms with Crippen LogP contribution in [0, 0.1) is 0 Å². The van der Waals surface area contributed by atoms with Crippen molar-refractivity contribution in [3.8, 4) is 5.88 Å². The molecule has 1 aromatic rings. The minimum absolute atomic E-state index is 0. The Bertz CT molecular complexity index is 466. The van der Waals surface area contributed by atoms with Gasteiger partial charge in [-0.1, -0.05) is 13.0 Å². The largest absolute Gasteiger partial charge is 0.478 e. The van der Waals surface area contributed by atoms with Gasteiger partial charge in [0.1, 0.15) is 0 Å². The molecule has 2 N–H and O–H groups in total. The van der Waals surface area contributed by atoms with Crippen LogP contribution in [-0.4, -0.2) is 37.3 Å². The molecular weight excluding hydrogens is 424 g/mol. The molecule has 0 spiro atoms. The van der Waals surface area contributed by atoms with Crippen molar-refractivity contribution in [2.75, 3.05) is 20.2 Å². The van der Waals surface area contributed by atoms with Crippen LogP contribution in [0.5, 0.6) is 5.88 Å². The highest BCUT2D eigenvalue weighted by molar-refractivity contribution is 14.0. The molecule has 0 atom stereocenters. The quantitative estimate of drug-likeness (QED) is 0.384. The van der Waals surface area contributed by atoms with Gasteiger partial charge in [-0.15, -0.1) is 24.0 Å². The van der Waals surface area contributed by atoms with Crippen molar-refractivity contribution >= 4 is 29.9 Å². The first-order valence-electron chi connectivity index (χ1n) is 7.03. The number of rotatable bonds is 7. The van der Waals surface area contributed by atoms with E-state index in [1.54, 1.807) is 12.3 Å². The summed E-state index contributed by atoms with van der Waals surface area (Å²) in [6.07, 6.45) is -2.52. The fourth-order valence-corrected chi connectivity index (χ4v) is 1.54. The highest BCUT2D eigenvalue weighted by atomic mass is 127. The third-order valence-corrected chi connectivity index (χ3v) is 2.64. The van der Waals surface area contributed by atoms with Crippen LogP contribution in [0.25, 0.3) is 0 Å². The molecule has 0 radical (unpaired) electrons. The van der Waals surface area contributed by atoms with E-state index in [0.29, 0.717) is 25.0 Å². The van der Waals surface area contributed by atoms with Crippen molar-refractivity contribution in [3.63, 3.8) is 0 Å². The van der Waals surface area contributed by atoms with Crippen LogP contribution < -0.4 is 15.4 Å². The normalized spacial score (nSPS) is 11.6. The van der Waals surface area contributed by atoms with Crippen LogP contribution in [0.15, 0.2) is 23.3 Å². The zero-order chi connectivity index (χ0) is 16.4. The average Bonchev–Trinajstić information content (AvgIpc) is 2.48. The predicted molar refractivity (Wildman–Crippen MR) is 94.3 cm³/mol. The van der Waals surface area contributed by atoms with E-state index in [0.717, 1.165) is 12.0 Å². The monoisotopic (exact) mass is 446 g/mol. The molecule has 1 rings (SSSR count). The lowest BCUT2D eigenvalue weighted by Crippen LogP contribution is -2.38. The van der Waals surface area contributed by atoms with Crippen molar-refractivity contribution in [2.24, 2.45) is 4.99 Å². The van der Waals surface area contributed by atoms with E-state index < -0.39 is 12.6 Å². The molecule has 9 heteroatoms. The van der Waals surface area contributed by atoms with E-state index in [1.807, 2.05) is 13.0 Å². The zero-order valence-electron chi connectivity index (χ0n) is 13.1. The molecule has 0 bridgehead atoms. The molecule has 5 nitrogen and oxygen atoms in total. The molecule has 0 fully saturated rings. The van der Waals surface area contributed by atoms with Crippen LogP contribution in [0.2, 0.25) is 0 Å². The fourth-order valence-electron chi connectivity index (χ4n) is 1.54. The number of nitrogens with zero attached hydrogens (tertiary/aromatic N) is 2. The number of aliphatic imine (C=N–C) groups is 1. The van der Waals surface area contributed by atoms with Gasteiger partial charge in [0.15, 0.2) is 5.96 Å². The van der Waals surface area contributed by atoms with E-state index >= 15 is 0 Å². The number of guanidine groups is 1. The van der Waals surface area contributed by atoms with Gasteiger partial charge < -0.3 is 15.4 Å². The number of hydrogen-bond acceptors (Lipinski definition) is 3. The maximum Gasteiger partial charge on any atom is 0.390 e. The Balaban J connectivity index is 0.00000484. The summed E-state index contributed by atoms with van der Waals surface area (Å²) < 4.78 is 41.6. The molecule has 0 aliphatic rings. The van der Waals surface area contributed by atoms with Crippen molar-refractivity contribution in [1.29, 1.82) is 0 Å². The molecule has 0 aromatic carbocycles. The van der Waals surface area contributed by atoms with Gasteiger partial charge in [0, 0.05) is 32.4 Å². The number of hydrogen-bond donors (Lipinski definition) is 2. The Hall–Kier alpha value is -1.26. The summed E-state index contributed by atoms with van der Waals surface area (Å²) in [7, 11) is 1.50. The SMILES string of the molecule is CCCOc1ccc(CNC(=NC)NCCC(F)(F)F)cn1.I. The second kappa shape index (κ2) is 11.3. The van der Waals surface area contributed by atoms with Gasteiger partial charge in [-0.3, -0.25) is 4.99 Å². The van der Waals surface area contributed by atoms with E-state index in [4.69, 9.17) is 4.74 Å². The van der Waals surface area contributed by atoms with Gasteiger partial charge in [0.2, 0.25) is 5.88 Å². The standard InChI is InChI=1S/C14H21F3N4O.HI/c1-3-8-22-12-5-4-11(9-20-12)10-21-13(18-2)19-7-6-14(15,16)17;/h4-5,9H,3,6-8,10H2,1-2H3,(H2,18,19,21);1H. The molecule has 0 saturated heterocycles. The highest BCUT2D eigenvalue weighted by Crippen LogP contribution is 2.18. The van der Waals surface area contributed by atoms with Crippen LogP contribution in [0.3, 0.4) is 0 Å². The lowest BCUT2D eigenvalue weighted by molar-refractivity contribution is -0.132. The first-order valence-corrected chi connectivity index (χ1v) is 7.03. The molecule has 23 heavy (non-hydrogen) atoms. The summed E-state index contributed by atoms with van der Waals surface area (Å²) in [5.74, 6) is 0.869. The molecule has 0 amide bonds. The van der Waals surface area contributed by atoms with E-state index in [1.165, 1.54) is 7.05 Å². The van der Waals surface area contributed by atoms with Crippen LogP contribution in [-0.2, 0) is 6.54 Å². The summed E-state index contributed by atoms with van der Waals surface area (Å²) in [5, 5.41) is 5.53.